The molecule has 4 N–H and O–H groups in total. The number of hydrogen-bond acceptors (Lipinski definition) is 5. The van der Waals surface area contributed by atoms with E-state index in [4.69, 9.17) is 10.8 Å². The topological polar surface area (TPSA) is 113 Å². The van der Waals surface area contributed by atoms with E-state index >= 15 is 0 Å². The molecule has 0 rings (SSSR count). The largest absolute Gasteiger partial charge is 0.396 e. The molecular formula is C9H17N3O4. The summed E-state index contributed by atoms with van der Waals surface area (Å²) < 4.78 is 0. The minimum absolute atomic E-state index is 0.0155. The van der Waals surface area contributed by atoms with Gasteiger partial charge in [0.15, 0.2) is 0 Å². The van der Waals surface area contributed by atoms with Gasteiger partial charge in [-0.1, -0.05) is 0 Å². The first-order valence-electron chi connectivity index (χ1n) is 4.95. The van der Waals surface area contributed by atoms with Crippen molar-refractivity contribution in [1.82, 2.24) is 10.2 Å². The van der Waals surface area contributed by atoms with Crippen LogP contribution in [-0.4, -0.2) is 54.0 Å². The summed E-state index contributed by atoms with van der Waals surface area (Å²) in [5.41, 5.74) is 5.22. The van der Waals surface area contributed by atoms with Crippen LogP contribution in [0.5, 0.6) is 0 Å². The molecule has 0 unspecified atom stereocenters. The highest BCUT2D eigenvalue weighted by Gasteiger charge is 2.23. The van der Waals surface area contributed by atoms with Crippen molar-refractivity contribution in [3.8, 4) is 0 Å². The number of amides is 3. The number of nitrogens with two attached hydrogens (primary N) is 1. The summed E-state index contributed by atoms with van der Waals surface area (Å²) >= 11 is 0. The van der Waals surface area contributed by atoms with Crippen molar-refractivity contribution in [3.05, 3.63) is 0 Å². The van der Waals surface area contributed by atoms with E-state index in [9.17, 15) is 14.4 Å². The Morgan fingerprint density at radius 3 is 2.44 bits per heavy atom. The highest BCUT2D eigenvalue weighted by Crippen LogP contribution is 1.91. The molecule has 0 fully saturated rings. The monoisotopic (exact) mass is 231 g/mol. The third kappa shape index (κ3) is 4.85. The van der Waals surface area contributed by atoms with Crippen LogP contribution in [0, 0.1) is 0 Å². The van der Waals surface area contributed by atoms with E-state index in [2.05, 4.69) is 5.32 Å². The Balaban J connectivity index is 4.26. The third-order valence-corrected chi connectivity index (χ3v) is 1.79. The lowest BCUT2D eigenvalue weighted by Gasteiger charge is -2.17. The Labute approximate surface area is 93.6 Å². The molecule has 0 aliphatic carbocycles. The maximum absolute atomic E-state index is 11.4. The van der Waals surface area contributed by atoms with Crippen LogP contribution in [0.25, 0.3) is 0 Å². The van der Waals surface area contributed by atoms with Gasteiger partial charge in [-0.15, -0.1) is 0 Å². The van der Waals surface area contributed by atoms with E-state index in [1.54, 1.807) is 0 Å². The van der Waals surface area contributed by atoms with Crippen LogP contribution in [0.2, 0.25) is 0 Å². The molecule has 0 bridgehead atoms. The van der Waals surface area contributed by atoms with Gasteiger partial charge in [0.05, 0.1) is 0 Å². The van der Waals surface area contributed by atoms with Crippen molar-refractivity contribution in [2.24, 2.45) is 5.73 Å². The van der Waals surface area contributed by atoms with Crippen molar-refractivity contribution in [2.75, 3.05) is 26.2 Å². The number of hydrogen-bond donors (Lipinski definition) is 3. The fourth-order valence-corrected chi connectivity index (χ4v) is 1.01. The lowest BCUT2D eigenvalue weighted by Crippen LogP contribution is -2.47. The van der Waals surface area contributed by atoms with Crippen LogP contribution in [0.15, 0.2) is 0 Å². The van der Waals surface area contributed by atoms with Gasteiger partial charge in [0.1, 0.15) is 0 Å². The second-order valence-corrected chi connectivity index (χ2v) is 3.10. The molecule has 0 aromatic rings. The zero-order valence-electron chi connectivity index (χ0n) is 9.23. The maximum atomic E-state index is 11.4. The van der Waals surface area contributed by atoms with E-state index in [0.29, 0.717) is 6.42 Å². The molecule has 3 amide bonds. The predicted octanol–water partition coefficient (Wildman–Crippen LogP) is -2.18. The van der Waals surface area contributed by atoms with Crippen LogP contribution in [0.1, 0.15) is 13.3 Å². The van der Waals surface area contributed by atoms with Crippen molar-refractivity contribution in [1.29, 1.82) is 0 Å². The zero-order chi connectivity index (χ0) is 12.6. The summed E-state index contributed by atoms with van der Waals surface area (Å²) in [6.07, 6.45) is 0.357. The fourth-order valence-electron chi connectivity index (χ4n) is 1.01. The molecule has 7 heteroatoms. The van der Waals surface area contributed by atoms with Gasteiger partial charge < -0.3 is 16.2 Å². The highest BCUT2D eigenvalue weighted by molar-refractivity contribution is 6.37. The van der Waals surface area contributed by atoms with Gasteiger partial charge in [-0.25, -0.2) is 0 Å². The first-order chi connectivity index (χ1) is 7.54. The second-order valence-electron chi connectivity index (χ2n) is 3.10. The average Bonchev–Trinajstić information content (AvgIpc) is 2.24. The number of carbonyl (C=O) groups excluding carboxylic acids is 3. The molecule has 0 aliphatic heterocycles. The number of rotatable bonds is 5. The second kappa shape index (κ2) is 7.77. The van der Waals surface area contributed by atoms with Crippen LogP contribution in [0.3, 0.4) is 0 Å². The van der Waals surface area contributed by atoms with Crippen LogP contribution in [0.4, 0.5) is 0 Å². The smallest absolute Gasteiger partial charge is 0.318 e. The van der Waals surface area contributed by atoms with Gasteiger partial charge in [0, 0.05) is 33.2 Å². The van der Waals surface area contributed by atoms with Gasteiger partial charge >= 0.3 is 11.8 Å². The van der Waals surface area contributed by atoms with E-state index in [0.717, 1.165) is 4.90 Å². The normalized spacial score (nSPS) is 9.69. The molecule has 0 saturated carbocycles. The number of nitrogens with one attached hydrogen (secondary N) is 1. The van der Waals surface area contributed by atoms with Gasteiger partial charge in [-0.3, -0.25) is 19.3 Å². The molecule has 92 valence electrons. The van der Waals surface area contributed by atoms with E-state index in [1.165, 1.54) is 6.92 Å². The standard InChI is InChI=1S/C9H17N3O4/c1-7(14)12(5-3-10)9(16)8(15)11-4-2-6-13/h13H,2-6,10H2,1H3,(H,11,15). The maximum Gasteiger partial charge on any atom is 0.318 e. The lowest BCUT2D eigenvalue weighted by molar-refractivity contribution is -0.151. The third-order valence-electron chi connectivity index (χ3n) is 1.79. The van der Waals surface area contributed by atoms with Crippen LogP contribution in [-0.2, 0) is 14.4 Å². The number of aliphatic hydroxyl groups is 1. The Bertz CT molecular complexity index is 267. The summed E-state index contributed by atoms with van der Waals surface area (Å²) in [4.78, 5) is 34.5. The number of imide groups is 1. The fraction of sp³-hybridized carbons (Fsp3) is 0.667. The first-order valence-corrected chi connectivity index (χ1v) is 4.95. The Kier molecular flexibility index (Phi) is 7.06. The number of carbonyl (C=O) groups is 3. The Morgan fingerprint density at radius 1 is 1.38 bits per heavy atom. The van der Waals surface area contributed by atoms with Gasteiger partial charge in [0.25, 0.3) is 0 Å². The summed E-state index contributed by atoms with van der Waals surface area (Å²) in [6, 6.07) is 0. The molecule has 0 spiro atoms. The molecule has 7 nitrogen and oxygen atoms in total. The Hall–Kier alpha value is -1.47. The minimum Gasteiger partial charge on any atom is -0.396 e. The summed E-state index contributed by atoms with van der Waals surface area (Å²) in [5.74, 6) is -2.30. The lowest BCUT2D eigenvalue weighted by atomic mass is 10.4. The average molecular weight is 231 g/mol. The summed E-state index contributed by atoms with van der Waals surface area (Å²) in [6.45, 7) is 1.43. The molecule has 0 aromatic carbocycles. The molecule has 0 heterocycles. The van der Waals surface area contributed by atoms with Crippen molar-refractivity contribution in [3.63, 3.8) is 0 Å². The van der Waals surface area contributed by atoms with Gasteiger partial charge in [0.2, 0.25) is 5.91 Å². The molecule has 0 atom stereocenters. The SMILES string of the molecule is CC(=O)N(CCN)C(=O)C(=O)NCCCO. The number of aliphatic hydroxyl groups excluding tert-OH is 1. The van der Waals surface area contributed by atoms with E-state index in [1.807, 2.05) is 0 Å². The molecule has 16 heavy (non-hydrogen) atoms. The minimum atomic E-state index is -0.920. The molecule has 0 saturated heterocycles. The van der Waals surface area contributed by atoms with Gasteiger partial charge in [-0.05, 0) is 6.42 Å². The molecule has 0 radical (unpaired) electrons. The summed E-state index contributed by atoms with van der Waals surface area (Å²) in [7, 11) is 0. The van der Waals surface area contributed by atoms with Crippen molar-refractivity contribution >= 4 is 17.7 Å². The quantitative estimate of drug-likeness (QED) is 0.368. The molecular weight excluding hydrogens is 214 g/mol. The highest BCUT2D eigenvalue weighted by atomic mass is 16.3. The van der Waals surface area contributed by atoms with Crippen molar-refractivity contribution in [2.45, 2.75) is 13.3 Å². The Morgan fingerprint density at radius 2 is 2.00 bits per heavy atom. The van der Waals surface area contributed by atoms with Crippen LogP contribution < -0.4 is 11.1 Å². The summed E-state index contributed by atoms with van der Waals surface area (Å²) in [5, 5.41) is 10.8. The van der Waals surface area contributed by atoms with Crippen LogP contribution >= 0.6 is 0 Å². The predicted molar refractivity (Wildman–Crippen MR) is 56.2 cm³/mol. The van der Waals surface area contributed by atoms with E-state index in [-0.39, 0.29) is 26.2 Å². The first kappa shape index (κ1) is 14.5. The molecule has 0 aromatic heterocycles. The van der Waals surface area contributed by atoms with Crippen molar-refractivity contribution < 1.29 is 19.5 Å². The molecule has 0 aliphatic rings. The zero-order valence-corrected chi connectivity index (χ0v) is 9.23. The van der Waals surface area contributed by atoms with E-state index < -0.39 is 17.7 Å². The number of nitrogens with zero attached hydrogens (tertiary/aromatic N) is 1. The van der Waals surface area contributed by atoms with Gasteiger partial charge in [-0.2, -0.15) is 0 Å².